The van der Waals surface area contributed by atoms with Crippen molar-refractivity contribution in [1.29, 1.82) is 0 Å². The Labute approximate surface area is 95.5 Å². The SMILES string of the molecule is CCN(CC)C(=O)Oc1c(C)cccc1O. The van der Waals surface area contributed by atoms with Crippen LogP contribution in [0.15, 0.2) is 18.2 Å². The average molecular weight is 223 g/mol. The summed E-state index contributed by atoms with van der Waals surface area (Å²) in [6, 6.07) is 4.99. The van der Waals surface area contributed by atoms with Gasteiger partial charge in [-0.05, 0) is 32.4 Å². The minimum absolute atomic E-state index is 0.0134. The molecular weight excluding hydrogens is 206 g/mol. The van der Waals surface area contributed by atoms with Gasteiger partial charge in [-0.2, -0.15) is 0 Å². The highest BCUT2D eigenvalue weighted by Crippen LogP contribution is 2.29. The molecule has 0 radical (unpaired) electrons. The van der Waals surface area contributed by atoms with E-state index in [0.29, 0.717) is 13.1 Å². The van der Waals surface area contributed by atoms with E-state index in [9.17, 15) is 9.90 Å². The number of phenols is 1. The molecule has 1 amide bonds. The molecule has 0 saturated heterocycles. The number of rotatable bonds is 3. The number of nitrogens with zero attached hydrogens (tertiary/aromatic N) is 1. The maximum absolute atomic E-state index is 11.7. The molecule has 0 aromatic heterocycles. The van der Waals surface area contributed by atoms with Crippen molar-refractivity contribution in [3.63, 3.8) is 0 Å². The predicted molar refractivity (Wildman–Crippen MR) is 61.8 cm³/mol. The molecule has 88 valence electrons. The van der Waals surface area contributed by atoms with Crippen LogP contribution >= 0.6 is 0 Å². The molecule has 1 aromatic carbocycles. The van der Waals surface area contributed by atoms with Gasteiger partial charge in [0.15, 0.2) is 11.5 Å². The third-order valence-electron chi connectivity index (χ3n) is 2.40. The Morgan fingerprint density at radius 1 is 1.38 bits per heavy atom. The zero-order chi connectivity index (χ0) is 12.1. The van der Waals surface area contributed by atoms with Crippen molar-refractivity contribution in [2.75, 3.05) is 13.1 Å². The molecule has 0 unspecified atom stereocenters. The summed E-state index contributed by atoms with van der Waals surface area (Å²) in [6.07, 6.45) is -0.436. The highest BCUT2D eigenvalue weighted by atomic mass is 16.6. The zero-order valence-electron chi connectivity index (χ0n) is 9.86. The van der Waals surface area contributed by atoms with Gasteiger partial charge in [-0.3, -0.25) is 0 Å². The van der Waals surface area contributed by atoms with Crippen molar-refractivity contribution in [2.45, 2.75) is 20.8 Å². The monoisotopic (exact) mass is 223 g/mol. The Balaban J connectivity index is 2.84. The Kier molecular flexibility index (Phi) is 4.17. The van der Waals surface area contributed by atoms with Crippen molar-refractivity contribution in [1.82, 2.24) is 4.90 Å². The predicted octanol–water partition coefficient (Wildman–Crippen LogP) is 2.54. The second-order valence-corrected chi connectivity index (χ2v) is 3.46. The molecular formula is C12H17NO3. The number of aryl methyl sites for hydroxylation is 1. The highest BCUT2D eigenvalue weighted by molar-refractivity contribution is 5.72. The largest absolute Gasteiger partial charge is 0.504 e. The number of hydrogen-bond acceptors (Lipinski definition) is 3. The summed E-state index contributed by atoms with van der Waals surface area (Å²) in [5.74, 6) is 0.222. The molecule has 0 aliphatic heterocycles. The van der Waals surface area contributed by atoms with Crippen LogP contribution < -0.4 is 4.74 Å². The number of phenolic OH excluding ortho intramolecular Hbond substituents is 1. The van der Waals surface area contributed by atoms with Crippen molar-refractivity contribution >= 4 is 6.09 Å². The minimum atomic E-state index is -0.436. The number of hydrogen-bond donors (Lipinski definition) is 1. The van der Waals surface area contributed by atoms with E-state index in [2.05, 4.69) is 0 Å². The lowest BCUT2D eigenvalue weighted by Crippen LogP contribution is -2.33. The Morgan fingerprint density at radius 2 is 2.00 bits per heavy atom. The van der Waals surface area contributed by atoms with E-state index in [0.717, 1.165) is 5.56 Å². The molecule has 1 rings (SSSR count). The van der Waals surface area contributed by atoms with E-state index in [4.69, 9.17) is 4.74 Å². The quantitative estimate of drug-likeness (QED) is 0.856. The van der Waals surface area contributed by atoms with Crippen LogP contribution in [0.3, 0.4) is 0 Å². The molecule has 0 heterocycles. The van der Waals surface area contributed by atoms with E-state index in [1.807, 2.05) is 13.8 Å². The smallest absolute Gasteiger partial charge is 0.415 e. The van der Waals surface area contributed by atoms with Crippen molar-refractivity contribution in [3.05, 3.63) is 23.8 Å². The third-order valence-corrected chi connectivity index (χ3v) is 2.40. The fourth-order valence-electron chi connectivity index (χ4n) is 1.40. The molecule has 4 heteroatoms. The molecule has 4 nitrogen and oxygen atoms in total. The molecule has 0 spiro atoms. The number of para-hydroxylation sites is 1. The van der Waals surface area contributed by atoms with Crippen LogP contribution in [0.1, 0.15) is 19.4 Å². The molecule has 1 aromatic rings. The van der Waals surface area contributed by atoms with Crippen LogP contribution in [0.2, 0.25) is 0 Å². The maximum atomic E-state index is 11.7. The third kappa shape index (κ3) is 2.66. The summed E-state index contributed by atoms with van der Waals surface area (Å²) in [7, 11) is 0. The lowest BCUT2D eigenvalue weighted by atomic mass is 10.2. The summed E-state index contributed by atoms with van der Waals surface area (Å²) in [5, 5.41) is 9.57. The standard InChI is InChI=1S/C12H17NO3/c1-4-13(5-2)12(15)16-11-9(3)7-6-8-10(11)14/h6-8,14H,4-5H2,1-3H3. The summed E-state index contributed by atoms with van der Waals surface area (Å²) in [5.41, 5.74) is 0.737. The Bertz CT molecular complexity index is 352. The summed E-state index contributed by atoms with van der Waals surface area (Å²) in [4.78, 5) is 13.2. The number of carbonyl (C=O) groups is 1. The van der Waals surface area contributed by atoms with Gasteiger partial charge < -0.3 is 14.7 Å². The molecule has 0 fully saturated rings. The summed E-state index contributed by atoms with van der Waals surface area (Å²) < 4.78 is 5.16. The van der Waals surface area contributed by atoms with Gasteiger partial charge >= 0.3 is 6.09 Å². The van der Waals surface area contributed by atoms with Gasteiger partial charge in [0.1, 0.15) is 0 Å². The number of amides is 1. The Hall–Kier alpha value is -1.71. The first kappa shape index (κ1) is 12.4. The molecule has 0 aliphatic rings. The van der Waals surface area contributed by atoms with E-state index in [-0.39, 0.29) is 11.5 Å². The molecule has 1 N–H and O–H groups in total. The molecule has 0 bridgehead atoms. The second kappa shape index (κ2) is 5.39. The van der Waals surface area contributed by atoms with Crippen LogP contribution in [0.4, 0.5) is 4.79 Å². The van der Waals surface area contributed by atoms with Crippen LogP contribution in [-0.4, -0.2) is 29.2 Å². The van der Waals surface area contributed by atoms with Crippen LogP contribution in [0.5, 0.6) is 11.5 Å². The number of ether oxygens (including phenoxy) is 1. The second-order valence-electron chi connectivity index (χ2n) is 3.46. The number of benzene rings is 1. The minimum Gasteiger partial charge on any atom is -0.504 e. The summed E-state index contributed by atoms with van der Waals surface area (Å²) in [6.45, 7) is 6.71. The average Bonchev–Trinajstić information content (AvgIpc) is 2.25. The Morgan fingerprint density at radius 3 is 2.50 bits per heavy atom. The lowest BCUT2D eigenvalue weighted by molar-refractivity contribution is 0.155. The molecule has 0 atom stereocenters. The lowest BCUT2D eigenvalue weighted by Gasteiger charge is -2.18. The van der Waals surface area contributed by atoms with Gasteiger partial charge in [-0.25, -0.2) is 4.79 Å². The maximum Gasteiger partial charge on any atom is 0.415 e. The first-order chi connectivity index (χ1) is 7.60. The van der Waals surface area contributed by atoms with Gasteiger partial charge in [0.2, 0.25) is 0 Å². The number of aromatic hydroxyl groups is 1. The van der Waals surface area contributed by atoms with Crippen molar-refractivity contribution in [3.8, 4) is 11.5 Å². The van der Waals surface area contributed by atoms with Gasteiger partial charge in [-0.1, -0.05) is 12.1 Å². The van der Waals surface area contributed by atoms with Gasteiger partial charge in [0.05, 0.1) is 0 Å². The first-order valence-electron chi connectivity index (χ1n) is 5.35. The fraction of sp³-hybridized carbons (Fsp3) is 0.417. The normalized spacial score (nSPS) is 9.94. The van der Waals surface area contributed by atoms with Crippen LogP contribution in [-0.2, 0) is 0 Å². The zero-order valence-corrected chi connectivity index (χ0v) is 9.86. The highest BCUT2D eigenvalue weighted by Gasteiger charge is 2.15. The van der Waals surface area contributed by atoms with Crippen molar-refractivity contribution in [2.24, 2.45) is 0 Å². The first-order valence-corrected chi connectivity index (χ1v) is 5.35. The van der Waals surface area contributed by atoms with Gasteiger partial charge in [0, 0.05) is 13.1 Å². The molecule has 0 aliphatic carbocycles. The topological polar surface area (TPSA) is 49.8 Å². The summed E-state index contributed by atoms with van der Waals surface area (Å²) >= 11 is 0. The van der Waals surface area contributed by atoms with E-state index >= 15 is 0 Å². The fourth-order valence-corrected chi connectivity index (χ4v) is 1.40. The van der Waals surface area contributed by atoms with E-state index < -0.39 is 6.09 Å². The van der Waals surface area contributed by atoms with Gasteiger partial charge in [-0.15, -0.1) is 0 Å². The molecule has 0 saturated carbocycles. The van der Waals surface area contributed by atoms with Crippen molar-refractivity contribution < 1.29 is 14.6 Å². The van der Waals surface area contributed by atoms with Crippen LogP contribution in [0, 0.1) is 6.92 Å². The van der Waals surface area contributed by atoms with E-state index in [1.165, 1.54) is 6.07 Å². The molecule has 16 heavy (non-hydrogen) atoms. The van der Waals surface area contributed by atoms with Gasteiger partial charge in [0.25, 0.3) is 0 Å². The number of carbonyl (C=O) groups excluding carboxylic acids is 1. The van der Waals surface area contributed by atoms with Crippen LogP contribution in [0.25, 0.3) is 0 Å². The van der Waals surface area contributed by atoms with E-state index in [1.54, 1.807) is 24.0 Å².